The maximum atomic E-state index is 5.86. The lowest BCUT2D eigenvalue weighted by molar-refractivity contribution is 0.331. The molecule has 0 atom stereocenters. The maximum absolute atomic E-state index is 5.86. The van der Waals surface area contributed by atoms with Gasteiger partial charge in [-0.05, 0) is 24.2 Å². The van der Waals surface area contributed by atoms with Gasteiger partial charge in [0.15, 0.2) is 0 Å². The minimum atomic E-state index is 0.729. The highest BCUT2D eigenvalue weighted by Gasteiger charge is 2.17. The normalized spacial score (nSPS) is 14.2. The smallest absolute Gasteiger partial charge is 0.124 e. The van der Waals surface area contributed by atoms with Gasteiger partial charge in [-0.25, -0.2) is 0 Å². The van der Waals surface area contributed by atoms with Crippen LogP contribution in [0.5, 0.6) is 5.75 Å². The largest absolute Gasteiger partial charge is 0.491 e. The van der Waals surface area contributed by atoms with Crippen LogP contribution in [0, 0.1) is 0 Å². The average molecular weight is 282 g/mol. The van der Waals surface area contributed by atoms with Crippen molar-refractivity contribution in [3.8, 4) is 5.75 Å². The maximum Gasteiger partial charge on any atom is 0.124 e. The van der Waals surface area contributed by atoms with Crippen LogP contribution in [0.25, 0.3) is 0 Å². The first-order valence-electron chi connectivity index (χ1n) is 7.62. The second-order valence-corrected chi connectivity index (χ2v) is 5.29. The summed E-state index contributed by atoms with van der Waals surface area (Å²) >= 11 is 0. The van der Waals surface area contributed by atoms with E-state index in [1.54, 1.807) is 0 Å². The first-order chi connectivity index (χ1) is 10.4. The Bertz CT molecular complexity index is 597. The van der Waals surface area contributed by atoms with E-state index in [0.717, 1.165) is 38.5 Å². The topological polar surface area (TPSA) is 24.5 Å². The highest BCUT2D eigenvalue weighted by molar-refractivity contribution is 5.55. The van der Waals surface area contributed by atoms with Crippen molar-refractivity contribution in [1.29, 1.82) is 0 Å². The molecule has 1 aliphatic rings. The second kappa shape index (κ2) is 6.64. The summed E-state index contributed by atoms with van der Waals surface area (Å²) in [6, 6.07) is 17.0. The molecular formula is C18H22N2O. The van der Waals surface area contributed by atoms with Gasteiger partial charge in [0.2, 0.25) is 0 Å². The molecule has 21 heavy (non-hydrogen) atoms. The van der Waals surface area contributed by atoms with Crippen molar-refractivity contribution in [2.75, 3.05) is 24.6 Å². The molecule has 3 nitrogen and oxygen atoms in total. The van der Waals surface area contributed by atoms with Crippen LogP contribution in [-0.2, 0) is 13.1 Å². The fourth-order valence-corrected chi connectivity index (χ4v) is 2.76. The van der Waals surface area contributed by atoms with Gasteiger partial charge in [-0.1, -0.05) is 43.3 Å². The number of nitrogens with one attached hydrogen (secondary N) is 1. The lowest BCUT2D eigenvalue weighted by atomic mass is 10.1. The highest BCUT2D eigenvalue weighted by Crippen LogP contribution is 2.28. The Morgan fingerprint density at radius 1 is 1.10 bits per heavy atom. The zero-order valence-corrected chi connectivity index (χ0v) is 12.5. The fourth-order valence-electron chi connectivity index (χ4n) is 2.76. The molecule has 2 aromatic carbocycles. The quantitative estimate of drug-likeness (QED) is 0.932. The molecule has 0 aromatic heterocycles. The molecule has 0 radical (unpaired) electrons. The standard InChI is InChI=1S/C18H22N2O/c1-2-19-13-15-7-3-5-9-17(15)20-11-12-21-18-10-6-4-8-16(18)14-20/h3-10,19H,2,11-14H2,1H3. The number of benzene rings is 2. The monoisotopic (exact) mass is 282 g/mol. The number of rotatable bonds is 4. The minimum absolute atomic E-state index is 0.729. The first-order valence-corrected chi connectivity index (χ1v) is 7.62. The molecule has 1 N–H and O–H groups in total. The van der Waals surface area contributed by atoms with Crippen molar-refractivity contribution < 1.29 is 4.74 Å². The fraction of sp³-hybridized carbons (Fsp3) is 0.333. The molecule has 0 saturated heterocycles. The Morgan fingerprint density at radius 3 is 2.81 bits per heavy atom. The van der Waals surface area contributed by atoms with E-state index in [0.29, 0.717) is 0 Å². The van der Waals surface area contributed by atoms with Gasteiger partial charge in [0.05, 0.1) is 6.54 Å². The Kier molecular flexibility index (Phi) is 4.41. The molecule has 3 rings (SSSR count). The average Bonchev–Trinajstić information content (AvgIpc) is 2.75. The number of nitrogens with zero attached hydrogens (tertiary/aromatic N) is 1. The summed E-state index contributed by atoms with van der Waals surface area (Å²) in [4.78, 5) is 2.42. The zero-order chi connectivity index (χ0) is 14.5. The minimum Gasteiger partial charge on any atom is -0.491 e. The Morgan fingerprint density at radius 2 is 1.90 bits per heavy atom. The molecule has 3 heteroatoms. The molecule has 0 amide bonds. The van der Waals surface area contributed by atoms with Crippen molar-refractivity contribution >= 4 is 5.69 Å². The summed E-state index contributed by atoms with van der Waals surface area (Å²) in [7, 11) is 0. The van der Waals surface area contributed by atoms with Crippen molar-refractivity contribution in [2.45, 2.75) is 20.0 Å². The summed E-state index contributed by atoms with van der Waals surface area (Å²) in [5, 5.41) is 3.42. The predicted octanol–water partition coefficient (Wildman–Crippen LogP) is 3.20. The van der Waals surface area contributed by atoms with Crippen LogP contribution in [0.1, 0.15) is 18.1 Å². The molecule has 0 bridgehead atoms. The number of anilines is 1. The second-order valence-electron chi connectivity index (χ2n) is 5.29. The molecule has 0 saturated carbocycles. The lowest BCUT2D eigenvalue weighted by Crippen LogP contribution is -2.27. The third kappa shape index (κ3) is 3.19. The lowest BCUT2D eigenvalue weighted by Gasteiger charge is -2.25. The van der Waals surface area contributed by atoms with Gasteiger partial charge in [0, 0.05) is 24.3 Å². The van der Waals surface area contributed by atoms with E-state index in [1.165, 1.54) is 16.8 Å². The van der Waals surface area contributed by atoms with E-state index in [-0.39, 0.29) is 0 Å². The Labute approximate surface area is 126 Å². The molecule has 0 spiro atoms. The summed E-state index contributed by atoms with van der Waals surface area (Å²) in [6.45, 7) is 6.58. The molecule has 1 heterocycles. The summed E-state index contributed by atoms with van der Waals surface area (Å²) < 4.78 is 5.86. The number of hydrogen-bond donors (Lipinski definition) is 1. The number of ether oxygens (including phenoxy) is 1. The van der Waals surface area contributed by atoms with Crippen LogP contribution in [0.4, 0.5) is 5.69 Å². The van der Waals surface area contributed by atoms with E-state index in [2.05, 4.69) is 59.6 Å². The molecule has 1 aliphatic heterocycles. The Balaban J connectivity index is 1.87. The van der Waals surface area contributed by atoms with Crippen LogP contribution in [0.15, 0.2) is 48.5 Å². The van der Waals surface area contributed by atoms with Gasteiger partial charge in [-0.3, -0.25) is 0 Å². The third-order valence-corrected chi connectivity index (χ3v) is 3.85. The van der Waals surface area contributed by atoms with Gasteiger partial charge in [-0.15, -0.1) is 0 Å². The summed E-state index contributed by atoms with van der Waals surface area (Å²) in [5.74, 6) is 1.02. The molecule has 0 aliphatic carbocycles. The van der Waals surface area contributed by atoms with Crippen molar-refractivity contribution in [3.63, 3.8) is 0 Å². The van der Waals surface area contributed by atoms with Crippen LogP contribution in [0.3, 0.4) is 0 Å². The summed E-state index contributed by atoms with van der Waals surface area (Å²) in [6.07, 6.45) is 0. The summed E-state index contributed by atoms with van der Waals surface area (Å²) in [5.41, 5.74) is 3.91. The van der Waals surface area contributed by atoms with Crippen molar-refractivity contribution in [1.82, 2.24) is 5.32 Å². The SMILES string of the molecule is CCNCc1ccccc1N1CCOc2ccccc2C1. The van der Waals surface area contributed by atoms with Crippen LogP contribution in [0.2, 0.25) is 0 Å². The van der Waals surface area contributed by atoms with Crippen molar-refractivity contribution in [3.05, 3.63) is 59.7 Å². The molecule has 0 fully saturated rings. The molecular weight excluding hydrogens is 260 g/mol. The van der Waals surface area contributed by atoms with E-state index in [1.807, 2.05) is 6.07 Å². The number of para-hydroxylation sites is 2. The van der Waals surface area contributed by atoms with E-state index < -0.39 is 0 Å². The Hall–Kier alpha value is -2.00. The zero-order valence-electron chi connectivity index (χ0n) is 12.5. The third-order valence-electron chi connectivity index (χ3n) is 3.85. The van der Waals surface area contributed by atoms with Crippen LogP contribution >= 0.6 is 0 Å². The molecule has 0 unspecified atom stereocenters. The van der Waals surface area contributed by atoms with E-state index >= 15 is 0 Å². The van der Waals surface area contributed by atoms with E-state index in [4.69, 9.17) is 4.74 Å². The van der Waals surface area contributed by atoms with Crippen LogP contribution < -0.4 is 15.0 Å². The van der Waals surface area contributed by atoms with Gasteiger partial charge < -0.3 is 15.0 Å². The van der Waals surface area contributed by atoms with Gasteiger partial charge in [0.1, 0.15) is 12.4 Å². The molecule has 2 aromatic rings. The number of hydrogen-bond acceptors (Lipinski definition) is 3. The molecule has 110 valence electrons. The van der Waals surface area contributed by atoms with Crippen LogP contribution in [-0.4, -0.2) is 19.7 Å². The van der Waals surface area contributed by atoms with Gasteiger partial charge in [0.25, 0.3) is 0 Å². The first kappa shape index (κ1) is 14.0. The predicted molar refractivity (Wildman–Crippen MR) is 86.8 cm³/mol. The van der Waals surface area contributed by atoms with E-state index in [9.17, 15) is 0 Å². The van der Waals surface area contributed by atoms with Gasteiger partial charge >= 0.3 is 0 Å². The number of fused-ring (bicyclic) bond motifs is 1. The van der Waals surface area contributed by atoms with Crippen molar-refractivity contribution in [2.24, 2.45) is 0 Å². The highest BCUT2D eigenvalue weighted by atomic mass is 16.5. The van der Waals surface area contributed by atoms with Gasteiger partial charge in [-0.2, -0.15) is 0 Å².